The van der Waals surface area contributed by atoms with E-state index < -0.39 is 5.24 Å². The Kier molecular flexibility index (Phi) is 2.08. The molecule has 0 N–H and O–H groups in total. The van der Waals surface area contributed by atoms with Crippen molar-refractivity contribution in [3.8, 4) is 0 Å². The van der Waals surface area contributed by atoms with Gasteiger partial charge < -0.3 is 4.42 Å². The zero-order valence-electron chi connectivity index (χ0n) is 7.93. The van der Waals surface area contributed by atoms with Crippen molar-refractivity contribution in [3.05, 3.63) is 35.1 Å². The highest BCUT2D eigenvalue weighted by atomic mass is 35.5. The van der Waals surface area contributed by atoms with Crippen molar-refractivity contribution >= 4 is 27.8 Å². The van der Waals surface area contributed by atoms with E-state index in [0.29, 0.717) is 11.1 Å². The van der Waals surface area contributed by atoms with Crippen LogP contribution in [0.15, 0.2) is 22.6 Å². The van der Waals surface area contributed by atoms with Crippen LogP contribution in [0.5, 0.6) is 0 Å². The molecule has 0 aliphatic rings. The summed E-state index contributed by atoms with van der Waals surface area (Å²) in [7, 11) is 0. The fourth-order valence-electron chi connectivity index (χ4n) is 1.52. The Morgan fingerprint density at radius 2 is 2.07 bits per heavy atom. The molecule has 0 aliphatic heterocycles. The van der Waals surface area contributed by atoms with Crippen LogP contribution in [0, 0.1) is 13.8 Å². The van der Waals surface area contributed by atoms with Gasteiger partial charge in [0.1, 0.15) is 11.3 Å². The molecule has 0 amide bonds. The summed E-state index contributed by atoms with van der Waals surface area (Å²) in [4.78, 5) is 11.1. The molecule has 1 aromatic heterocycles. The molecular weight excluding hydrogens is 200 g/mol. The van der Waals surface area contributed by atoms with E-state index in [1.165, 1.54) is 0 Å². The van der Waals surface area contributed by atoms with Crippen LogP contribution >= 0.6 is 11.6 Å². The Hall–Kier alpha value is -1.28. The number of hydrogen-bond acceptors (Lipinski definition) is 2. The van der Waals surface area contributed by atoms with Crippen molar-refractivity contribution in [3.63, 3.8) is 0 Å². The van der Waals surface area contributed by atoms with Gasteiger partial charge in [0.25, 0.3) is 5.24 Å². The van der Waals surface area contributed by atoms with Crippen LogP contribution in [0.3, 0.4) is 0 Å². The monoisotopic (exact) mass is 208 g/mol. The topological polar surface area (TPSA) is 30.2 Å². The number of halogens is 1. The minimum absolute atomic E-state index is 0.431. The summed E-state index contributed by atoms with van der Waals surface area (Å²) in [5, 5.41) is 0.471. The van der Waals surface area contributed by atoms with Gasteiger partial charge in [0.05, 0.1) is 5.56 Å². The molecule has 0 saturated carbocycles. The Morgan fingerprint density at radius 3 is 2.71 bits per heavy atom. The van der Waals surface area contributed by atoms with Crippen LogP contribution in [0.2, 0.25) is 0 Å². The van der Waals surface area contributed by atoms with Gasteiger partial charge in [-0.05, 0) is 37.1 Å². The molecule has 0 unspecified atom stereocenters. The molecule has 0 radical (unpaired) electrons. The molecule has 2 nitrogen and oxygen atoms in total. The maximum absolute atomic E-state index is 11.1. The standard InChI is InChI=1S/C11H9ClO2/c1-6-7(2)14-10-8(6)4-3-5-9(10)11(12)13/h3-5H,1-2H3. The van der Waals surface area contributed by atoms with Crippen LogP contribution in [0.1, 0.15) is 21.7 Å². The summed E-state index contributed by atoms with van der Waals surface area (Å²) in [6.45, 7) is 3.83. The Labute approximate surface area is 86.5 Å². The molecule has 2 aromatic rings. The van der Waals surface area contributed by atoms with Crippen molar-refractivity contribution in [2.45, 2.75) is 13.8 Å². The highest BCUT2D eigenvalue weighted by molar-refractivity contribution is 6.68. The number of hydrogen-bond donors (Lipinski definition) is 0. The van der Waals surface area contributed by atoms with Gasteiger partial charge in [-0.2, -0.15) is 0 Å². The van der Waals surface area contributed by atoms with Gasteiger partial charge in [-0.25, -0.2) is 0 Å². The number of aryl methyl sites for hydroxylation is 2. The summed E-state index contributed by atoms with van der Waals surface area (Å²) < 4.78 is 5.49. The third-order valence-corrected chi connectivity index (χ3v) is 2.62. The van der Waals surface area contributed by atoms with Gasteiger partial charge in [0.2, 0.25) is 0 Å². The van der Waals surface area contributed by atoms with E-state index >= 15 is 0 Å². The first-order valence-corrected chi connectivity index (χ1v) is 4.67. The number of carbonyl (C=O) groups excluding carboxylic acids is 1. The predicted octanol–water partition coefficient (Wildman–Crippen LogP) is 3.43. The van der Waals surface area contributed by atoms with Gasteiger partial charge in [-0.1, -0.05) is 12.1 Å². The second kappa shape index (κ2) is 3.14. The van der Waals surface area contributed by atoms with Gasteiger partial charge in [-0.3, -0.25) is 4.79 Å². The Morgan fingerprint density at radius 1 is 1.36 bits per heavy atom. The van der Waals surface area contributed by atoms with Crippen molar-refractivity contribution in [2.75, 3.05) is 0 Å². The molecule has 0 aliphatic carbocycles. The van der Waals surface area contributed by atoms with E-state index in [1.807, 2.05) is 19.9 Å². The largest absolute Gasteiger partial charge is 0.460 e. The minimum Gasteiger partial charge on any atom is -0.460 e. The number of benzene rings is 1. The fraction of sp³-hybridized carbons (Fsp3) is 0.182. The molecule has 0 spiro atoms. The molecule has 1 aromatic carbocycles. The smallest absolute Gasteiger partial charge is 0.256 e. The first kappa shape index (κ1) is 9.28. The van der Waals surface area contributed by atoms with Crippen LogP contribution < -0.4 is 0 Å². The van der Waals surface area contributed by atoms with Crippen LogP contribution in [0.25, 0.3) is 11.0 Å². The molecule has 14 heavy (non-hydrogen) atoms. The van der Waals surface area contributed by atoms with Crippen LogP contribution in [-0.2, 0) is 0 Å². The van der Waals surface area contributed by atoms with Crippen LogP contribution in [-0.4, -0.2) is 5.24 Å². The molecule has 1 heterocycles. The summed E-state index contributed by atoms with van der Waals surface area (Å²) in [5.41, 5.74) is 2.07. The molecule has 0 saturated heterocycles. The van der Waals surface area contributed by atoms with Gasteiger partial charge in [0, 0.05) is 5.39 Å². The third-order valence-electron chi connectivity index (χ3n) is 2.41. The van der Waals surface area contributed by atoms with Crippen molar-refractivity contribution in [1.82, 2.24) is 0 Å². The molecule has 0 fully saturated rings. The van der Waals surface area contributed by atoms with Gasteiger partial charge >= 0.3 is 0 Å². The van der Waals surface area contributed by atoms with Crippen molar-refractivity contribution in [1.29, 1.82) is 0 Å². The van der Waals surface area contributed by atoms with Crippen molar-refractivity contribution < 1.29 is 9.21 Å². The Balaban J connectivity index is 2.88. The molecule has 2 rings (SSSR count). The molecule has 0 bridgehead atoms. The lowest BCUT2D eigenvalue weighted by molar-refractivity contribution is 0.108. The van der Waals surface area contributed by atoms with E-state index in [9.17, 15) is 4.79 Å². The maximum atomic E-state index is 11.1. The lowest BCUT2D eigenvalue weighted by Gasteiger charge is -1.94. The lowest BCUT2D eigenvalue weighted by Crippen LogP contribution is -1.88. The van der Waals surface area contributed by atoms with Crippen molar-refractivity contribution in [2.24, 2.45) is 0 Å². The third kappa shape index (κ3) is 1.23. The second-order valence-electron chi connectivity index (χ2n) is 3.24. The SMILES string of the molecule is Cc1oc2c(C(=O)Cl)cccc2c1C. The number of para-hydroxylation sites is 1. The normalized spacial score (nSPS) is 10.8. The van der Waals surface area contributed by atoms with E-state index in [4.69, 9.17) is 16.0 Å². The maximum Gasteiger partial charge on any atom is 0.256 e. The summed E-state index contributed by atoms with van der Waals surface area (Å²) in [6.07, 6.45) is 0. The average Bonchev–Trinajstić information content (AvgIpc) is 2.43. The fourth-order valence-corrected chi connectivity index (χ4v) is 1.67. The van der Waals surface area contributed by atoms with Gasteiger partial charge in [0.15, 0.2) is 0 Å². The molecular formula is C11H9ClO2. The van der Waals surface area contributed by atoms with E-state index in [1.54, 1.807) is 12.1 Å². The summed E-state index contributed by atoms with van der Waals surface area (Å²) in [6, 6.07) is 5.39. The lowest BCUT2D eigenvalue weighted by atomic mass is 10.1. The van der Waals surface area contributed by atoms with E-state index in [0.717, 1.165) is 16.7 Å². The predicted molar refractivity (Wildman–Crippen MR) is 55.9 cm³/mol. The quantitative estimate of drug-likeness (QED) is 0.673. The average molecular weight is 209 g/mol. The van der Waals surface area contributed by atoms with E-state index in [-0.39, 0.29) is 0 Å². The van der Waals surface area contributed by atoms with E-state index in [2.05, 4.69) is 0 Å². The molecule has 72 valence electrons. The Bertz CT molecular complexity index is 511. The zero-order valence-corrected chi connectivity index (χ0v) is 8.68. The molecule has 3 heteroatoms. The number of fused-ring (bicyclic) bond motifs is 1. The zero-order chi connectivity index (χ0) is 10.3. The number of rotatable bonds is 1. The van der Waals surface area contributed by atoms with Gasteiger partial charge in [-0.15, -0.1) is 0 Å². The summed E-state index contributed by atoms with van der Waals surface area (Å²) in [5.74, 6) is 0.824. The highest BCUT2D eigenvalue weighted by Crippen LogP contribution is 2.28. The molecule has 0 atom stereocenters. The number of carbonyl (C=O) groups is 1. The summed E-state index contributed by atoms with van der Waals surface area (Å²) >= 11 is 5.44. The minimum atomic E-state index is -0.482. The first-order chi connectivity index (χ1) is 6.61. The van der Waals surface area contributed by atoms with Crippen LogP contribution in [0.4, 0.5) is 0 Å². The first-order valence-electron chi connectivity index (χ1n) is 4.30. The highest BCUT2D eigenvalue weighted by Gasteiger charge is 2.13. The number of furan rings is 1. The second-order valence-corrected chi connectivity index (χ2v) is 3.58.